The third-order valence-electron chi connectivity index (χ3n) is 9.48. The van der Waals surface area contributed by atoms with Crippen molar-refractivity contribution < 1.29 is 23.5 Å². The zero-order chi connectivity index (χ0) is 26.3. The molecule has 6 heteroatoms. The van der Waals surface area contributed by atoms with Crippen LogP contribution in [0.15, 0.2) is 0 Å². The summed E-state index contributed by atoms with van der Waals surface area (Å²) in [6, 6.07) is 0. The number of fused-ring (bicyclic) bond motifs is 1. The lowest BCUT2D eigenvalue weighted by atomic mass is 9.60. The molecule has 5 nitrogen and oxygen atoms in total. The summed E-state index contributed by atoms with van der Waals surface area (Å²) in [5.41, 5.74) is 0.282. The van der Waals surface area contributed by atoms with Crippen molar-refractivity contribution in [1.82, 2.24) is 0 Å². The predicted octanol–water partition coefficient (Wildman–Crippen LogP) is 7.68. The van der Waals surface area contributed by atoms with Crippen LogP contribution in [0.2, 0.25) is 18.1 Å². The van der Waals surface area contributed by atoms with Gasteiger partial charge in [0.2, 0.25) is 0 Å². The molecule has 0 heterocycles. The van der Waals surface area contributed by atoms with Crippen molar-refractivity contribution in [2.75, 3.05) is 13.2 Å². The molecule has 0 aromatic heterocycles. The average Bonchev–Trinajstić information content (AvgIpc) is 3.10. The highest BCUT2D eigenvalue weighted by molar-refractivity contribution is 6.74. The minimum atomic E-state index is -1.82. The maximum absolute atomic E-state index is 12.0. The summed E-state index contributed by atoms with van der Waals surface area (Å²) in [5.74, 6) is 1.60. The highest BCUT2D eigenvalue weighted by Crippen LogP contribution is 2.60. The van der Waals surface area contributed by atoms with E-state index in [1.165, 1.54) is 32.1 Å². The first-order chi connectivity index (χ1) is 16.4. The molecular weight excluding hydrogens is 456 g/mol. The Balaban J connectivity index is 2.12. The monoisotopic (exact) mass is 510 g/mol. The Labute approximate surface area is 216 Å². The Kier molecular flexibility index (Phi) is 11.3. The minimum Gasteiger partial charge on any atom is -0.466 e. The Morgan fingerprint density at radius 2 is 1.49 bits per heavy atom. The first-order valence-corrected chi connectivity index (χ1v) is 17.3. The third-order valence-corrected chi connectivity index (χ3v) is 14.0. The van der Waals surface area contributed by atoms with Gasteiger partial charge in [0.15, 0.2) is 8.32 Å². The predicted molar refractivity (Wildman–Crippen MR) is 145 cm³/mol. The maximum atomic E-state index is 12.0. The van der Waals surface area contributed by atoms with Crippen molar-refractivity contribution in [2.24, 2.45) is 23.2 Å². The van der Waals surface area contributed by atoms with E-state index in [0.717, 1.165) is 25.7 Å². The molecule has 0 N–H and O–H groups in total. The molecule has 0 radical (unpaired) electrons. The molecule has 204 valence electrons. The van der Waals surface area contributed by atoms with Crippen LogP contribution < -0.4 is 0 Å². The second-order valence-corrected chi connectivity index (χ2v) is 17.5. The van der Waals surface area contributed by atoms with Gasteiger partial charge in [-0.2, -0.15) is 0 Å². The van der Waals surface area contributed by atoms with Crippen LogP contribution in [0.1, 0.15) is 112 Å². The summed E-state index contributed by atoms with van der Waals surface area (Å²) in [6.45, 7) is 18.9. The summed E-state index contributed by atoms with van der Waals surface area (Å²) in [5, 5.41) is 0.224. The van der Waals surface area contributed by atoms with E-state index in [9.17, 15) is 9.59 Å². The van der Waals surface area contributed by atoms with Gasteiger partial charge in [-0.15, -0.1) is 0 Å². The van der Waals surface area contributed by atoms with Gasteiger partial charge >= 0.3 is 11.9 Å². The van der Waals surface area contributed by atoms with Crippen molar-refractivity contribution in [1.29, 1.82) is 0 Å². The Morgan fingerprint density at radius 3 is 1.97 bits per heavy atom. The molecule has 2 fully saturated rings. The molecule has 2 rings (SSSR count). The van der Waals surface area contributed by atoms with Gasteiger partial charge in [0.25, 0.3) is 0 Å². The fourth-order valence-electron chi connectivity index (χ4n) is 6.66. The van der Waals surface area contributed by atoms with Crippen LogP contribution >= 0.6 is 0 Å². The number of hydrogen-bond acceptors (Lipinski definition) is 5. The van der Waals surface area contributed by atoms with E-state index in [1.54, 1.807) is 0 Å². The van der Waals surface area contributed by atoms with Crippen molar-refractivity contribution >= 4 is 20.3 Å². The first kappa shape index (κ1) is 30.3. The third kappa shape index (κ3) is 8.05. The molecule has 4 unspecified atom stereocenters. The zero-order valence-electron chi connectivity index (χ0n) is 24.0. The van der Waals surface area contributed by atoms with E-state index < -0.39 is 8.32 Å². The average molecular weight is 511 g/mol. The van der Waals surface area contributed by atoms with E-state index in [4.69, 9.17) is 13.9 Å². The lowest BCUT2D eigenvalue weighted by molar-refractivity contribution is -0.144. The fourth-order valence-corrected chi connectivity index (χ4v) is 8.05. The molecule has 4 atom stereocenters. The van der Waals surface area contributed by atoms with Crippen molar-refractivity contribution in [2.45, 2.75) is 136 Å². The van der Waals surface area contributed by atoms with Gasteiger partial charge in [-0.25, -0.2) is 0 Å². The Morgan fingerprint density at radius 1 is 0.943 bits per heavy atom. The largest absolute Gasteiger partial charge is 0.466 e. The maximum Gasteiger partial charge on any atom is 0.305 e. The van der Waals surface area contributed by atoms with Gasteiger partial charge < -0.3 is 13.9 Å². The Hall–Kier alpha value is -0.883. The molecule has 35 heavy (non-hydrogen) atoms. The van der Waals surface area contributed by atoms with E-state index in [2.05, 4.69) is 40.8 Å². The minimum absolute atomic E-state index is 0.0891. The van der Waals surface area contributed by atoms with Crippen LogP contribution in [-0.2, 0) is 23.5 Å². The SMILES string of the molecule is CCOC(=O)CCCC(CCCC(=O)OCC)C1CCC2C(O[Si](C)(C)C(C)(C)C)CCCC12C. The zero-order valence-corrected chi connectivity index (χ0v) is 25.0. The summed E-state index contributed by atoms with van der Waals surface area (Å²) >= 11 is 0. The number of carbonyl (C=O) groups is 2. The standard InChI is InChI=1S/C29H54O5Si/c1-9-32-26(30)17-11-14-22(15-12-18-27(31)33-10-2)23-19-20-24-25(16-13-21-29(23,24)6)34-35(7,8)28(3,4)5/h22-25H,9-21H2,1-8H3. The van der Waals surface area contributed by atoms with Gasteiger partial charge in [0.1, 0.15) is 0 Å². The number of rotatable bonds is 13. The lowest BCUT2D eigenvalue weighted by Gasteiger charge is -2.50. The van der Waals surface area contributed by atoms with Crippen LogP contribution in [-0.4, -0.2) is 39.6 Å². The van der Waals surface area contributed by atoms with Gasteiger partial charge in [-0.1, -0.05) is 34.1 Å². The second kappa shape index (κ2) is 13.1. The number of carbonyl (C=O) groups excluding carboxylic acids is 2. The van der Waals surface area contributed by atoms with Gasteiger partial charge in [0.05, 0.1) is 13.2 Å². The van der Waals surface area contributed by atoms with Gasteiger partial charge in [-0.05, 0) is 107 Å². The number of hydrogen-bond donors (Lipinski definition) is 0. The molecule has 0 spiro atoms. The smallest absolute Gasteiger partial charge is 0.305 e. The molecule has 0 aromatic carbocycles. The molecule has 2 saturated carbocycles. The summed E-state index contributed by atoms with van der Waals surface area (Å²) in [4.78, 5) is 23.9. The van der Waals surface area contributed by atoms with E-state index in [-0.39, 0.29) is 22.4 Å². The summed E-state index contributed by atoms with van der Waals surface area (Å²) in [6.07, 6.45) is 11.3. The molecular formula is C29H54O5Si. The van der Waals surface area contributed by atoms with Crippen molar-refractivity contribution in [3.8, 4) is 0 Å². The van der Waals surface area contributed by atoms with Crippen LogP contribution in [0.4, 0.5) is 0 Å². The number of esters is 2. The van der Waals surface area contributed by atoms with E-state index in [1.807, 2.05) is 13.8 Å². The lowest BCUT2D eigenvalue weighted by Crippen LogP contribution is -2.50. The highest BCUT2D eigenvalue weighted by atomic mass is 28.4. The molecule has 0 saturated heterocycles. The molecule has 0 aromatic rings. The van der Waals surface area contributed by atoms with Gasteiger partial charge in [-0.3, -0.25) is 9.59 Å². The number of ether oxygens (including phenoxy) is 2. The molecule has 2 aliphatic carbocycles. The normalized spacial score (nSPS) is 27.1. The first-order valence-electron chi connectivity index (χ1n) is 14.3. The van der Waals surface area contributed by atoms with Crippen LogP contribution in [0.5, 0.6) is 0 Å². The molecule has 0 aliphatic heterocycles. The van der Waals surface area contributed by atoms with Crippen LogP contribution in [0.25, 0.3) is 0 Å². The summed E-state index contributed by atoms with van der Waals surface area (Å²) in [7, 11) is -1.82. The quantitative estimate of drug-likeness (QED) is 0.188. The van der Waals surface area contributed by atoms with Crippen LogP contribution in [0.3, 0.4) is 0 Å². The summed E-state index contributed by atoms with van der Waals surface area (Å²) < 4.78 is 17.4. The molecule has 0 bridgehead atoms. The fraction of sp³-hybridized carbons (Fsp3) is 0.931. The van der Waals surface area contributed by atoms with E-state index in [0.29, 0.717) is 49.9 Å². The molecule has 0 amide bonds. The van der Waals surface area contributed by atoms with Crippen LogP contribution in [0, 0.1) is 23.2 Å². The van der Waals surface area contributed by atoms with E-state index >= 15 is 0 Å². The van der Waals surface area contributed by atoms with Crippen molar-refractivity contribution in [3.05, 3.63) is 0 Å². The topological polar surface area (TPSA) is 61.8 Å². The Bertz CT molecular complexity index is 661. The van der Waals surface area contributed by atoms with Crippen molar-refractivity contribution in [3.63, 3.8) is 0 Å². The van der Waals surface area contributed by atoms with Gasteiger partial charge in [0, 0.05) is 18.9 Å². The highest BCUT2D eigenvalue weighted by Gasteiger charge is 2.54. The second-order valence-electron chi connectivity index (χ2n) is 12.8. The molecule has 2 aliphatic rings.